The normalized spacial score (nSPS) is 9.92. The number of nitrogens with one attached hydrogen (secondary N) is 2. The van der Waals surface area contributed by atoms with E-state index >= 15 is 0 Å². The van der Waals surface area contributed by atoms with Crippen LogP contribution in [0.15, 0.2) is 4.99 Å². The summed E-state index contributed by atoms with van der Waals surface area (Å²) in [7, 11) is 1.96. The fraction of sp³-hybridized carbons (Fsp3) is 0.875. The van der Waals surface area contributed by atoms with Crippen molar-refractivity contribution in [1.82, 2.24) is 10.6 Å². The van der Waals surface area contributed by atoms with E-state index in [1.807, 2.05) is 7.05 Å². The van der Waals surface area contributed by atoms with Crippen LogP contribution in [-0.4, -0.2) is 39.2 Å². The topological polar surface area (TPSA) is 88.5 Å². The fourth-order valence-electron chi connectivity index (χ4n) is 0.927. The number of rotatable bonds is 8. The molecule has 5 nitrogen and oxygen atoms in total. The average Bonchev–Trinajstić information content (AvgIpc) is 2.09. The summed E-state index contributed by atoms with van der Waals surface area (Å²) >= 11 is 0. The van der Waals surface area contributed by atoms with E-state index in [-0.39, 0.29) is 5.96 Å². The highest BCUT2D eigenvalue weighted by Gasteiger charge is 1.87. The fourth-order valence-corrected chi connectivity index (χ4v) is 0.927. The molecule has 0 heterocycles. The molecule has 0 aromatic heterocycles. The highest BCUT2D eigenvalue weighted by Crippen LogP contribution is 1.79. The maximum Gasteiger partial charge on any atom is 0.185 e. The SMILES string of the molecule is CNCCCNCCCN=C(N)N. The van der Waals surface area contributed by atoms with Gasteiger partial charge in [-0.3, -0.25) is 4.99 Å². The zero-order valence-electron chi connectivity index (χ0n) is 8.34. The van der Waals surface area contributed by atoms with Gasteiger partial charge in [0, 0.05) is 6.54 Å². The molecule has 0 aromatic carbocycles. The summed E-state index contributed by atoms with van der Waals surface area (Å²) < 4.78 is 0. The first-order valence-electron chi connectivity index (χ1n) is 4.68. The van der Waals surface area contributed by atoms with E-state index in [4.69, 9.17) is 11.5 Å². The van der Waals surface area contributed by atoms with Gasteiger partial charge in [-0.1, -0.05) is 0 Å². The lowest BCUT2D eigenvalue weighted by atomic mass is 10.4. The lowest BCUT2D eigenvalue weighted by Crippen LogP contribution is -2.24. The minimum absolute atomic E-state index is 0.176. The van der Waals surface area contributed by atoms with E-state index in [0.717, 1.165) is 32.5 Å². The molecule has 0 aliphatic rings. The molecule has 13 heavy (non-hydrogen) atoms. The Morgan fingerprint density at radius 3 is 2.46 bits per heavy atom. The summed E-state index contributed by atoms with van der Waals surface area (Å²) in [6, 6.07) is 0. The Morgan fingerprint density at radius 1 is 1.15 bits per heavy atom. The minimum Gasteiger partial charge on any atom is -0.370 e. The van der Waals surface area contributed by atoms with Crippen molar-refractivity contribution in [2.45, 2.75) is 12.8 Å². The van der Waals surface area contributed by atoms with Gasteiger partial charge in [0.15, 0.2) is 5.96 Å². The second kappa shape index (κ2) is 9.28. The molecule has 0 fully saturated rings. The van der Waals surface area contributed by atoms with Crippen molar-refractivity contribution in [2.24, 2.45) is 16.5 Å². The van der Waals surface area contributed by atoms with E-state index in [9.17, 15) is 0 Å². The molecule has 0 rings (SSSR count). The molecule has 5 heteroatoms. The molecule has 0 unspecified atom stereocenters. The molecule has 0 aliphatic carbocycles. The Hall–Kier alpha value is -0.810. The second-order valence-electron chi connectivity index (χ2n) is 2.87. The first kappa shape index (κ1) is 12.2. The maximum atomic E-state index is 5.17. The van der Waals surface area contributed by atoms with E-state index in [0.29, 0.717) is 6.54 Å². The Kier molecular flexibility index (Phi) is 8.70. The number of hydrogen-bond acceptors (Lipinski definition) is 3. The smallest absolute Gasteiger partial charge is 0.185 e. The molecular weight excluding hydrogens is 166 g/mol. The van der Waals surface area contributed by atoms with Gasteiger partial charge in [0.1, 0.15) is 0 Å². The molecule has 0 atom stereocenters. The third-order valence-corrected chi connectivity index (χ3v) is 1.59. The van der Waals surface area contributed by atoms with Crippen molar-refractivity contribution in [3.05, 3.63) is 0 Å². The van der Waals surface area contributed by atoms with Gasteiger partial charge < -0.3 is 22.1 Å². The quantitative estimate of drug-likeness (QED) is 0.219. The first-order chi connectivity index (χ1) is 6.27. The van der Waals surface area contributed by atoms with Crippen LogP contribution < -0.4 is 22.1 Å². The summed E-state index contributed by atoms with van der Waals surface area (Å²) in [6.45, 7) is 3.78. The van der Waals surface area contributed by atoms with Crippen LogP contribution in [0.1, 0.15) is 12.8 Å². The average molecular weight is 187 g/mol. The molecule has 78 valence electrons. The van der Waals surface area contributed by atoms with Crippen molar-refractivity contribution in [1.29, 1.82) is 0 Å². The van der Waals surface area contributed by atoms with Gasteiger partial charge in [-0.2, -0.15) is 0 Å². The van der Waals surface area contributed by atoms with Crippen molar-refractivity contribution < 1.29 is 0 Å². The summed E-state index contributed by atoms with van der Waals surface area (Å²) in [5, 5.41) is 6.39. The number of aliphatic imine (C=N–C) groups is 1. The van der Waals surface area contributed by atoms with Gasteiger partial charge in [0.05, 0.1) is 0 Å². The Bertz CT molecular complexity index is 130. The lowest BCUT2D eigenvalue weighted by molar-refractivity contribution is 0.610. The molecule has 0 amide bonds. The number of nitrogens with two attached hydrogens (primary N) is 2. The summed E-state index contributed by atoms with van der Waals surface area (Å²) in [5.74, 6) is 0.176. The molecule has 6 N–H and O–H groups in total. The molecule has 0 saturated heterocycles. The van der Waals surface area contributed by atoms with Crippen LogP contribution in [0.2, 0.25) is 0 Å². The third kappa shape index (κ3) is 11.2. The van der Waals surface area contributed by atoms with Crippen LogP contribution in [0.4, 0.5) is 0 Å². The summed E-state index contributed by atoms with van der Waals surface area (Å²) in [5.41, 5.74) is 10.3. The zero-order valence-corrected chi connectivity index (χ0v) is 8.34. The van der Waals surface area contributed by atoms with Gasteiger partial charge in [0.25, 0.3) is 0 Å². The highest BCUT2D eigenvalue weighted by molar-refractivity contribution is 5.75. The van der Waals surface area contributed by atoms with E-state index < -0.39 is 0 Å². The predicted octanol–water partition coefficient (Wildman–Crippen LogP) is -1.15. The summed E-state index contributed by atoms with van der Waals surface area (Å²) in [6.07, 6.45) is 2.14. The summed E-state index contributed by atoms with van der Waals surface area (Å²) in [4.78, 5) is 3.88. The Balaban J connectivity index is 2.96. The minimum atomic E-state index is 0.176. The van der Waals surface area contributed by atoms with Gasteiger partial charge in [-0.25, -0.2) is 0 Å². The lowest BCUT2D eigenvalue weighted by Gasteiger charge is -2.02. The molecule has 0 saturated carbocycles. The monoisotopic (exact) mass is 187 g/mol. The number of hydrogen-bond donors (Lipinski definition) is 4. The van der Waals surface area contributed by atoms with Crippen LogP contribution >= 0.6 is 0 Å². The van der Waals surface area contributed by atoms with Crippen LogP contribution in [0.25, 0.3) is 0 Å². The third-order valence-electron chi connectivity index (χ3n) is 1.59. The van der Waals surface area contributed by atoms with Crippen molar-refractivity contribution in [2.75, 3.05) is 33.2 Å². The standard InChI is InChI=1S/C8H21N5/c1-11-4-2-5-12-6-3-7-13-8(9)10/h11-12H,2-7H2,1H3,(H4,9,10,13). The molecular formula is C8H21N5. The maximum absolute atomic E-state index is 5.17. The Labute approximate surface area is 80.0 Å². The van der Waals surface area contributed by atoms with Crippen LogP contribution in [0.5, 0.6) is 0 Å². The molecule has 0 bridgehead atoms. The Morgan fingerprint density at radius 2 is 1.85 bits per heavy atom. The van der Waals surface area contributed by atoms with Crippen LogP contribution in [-0.2, 0) is 0 Å². The van der Waals surface area contributed by atoms with E-state index in [1.165, 1.54) is 0 Å². The van der Waals surface area contributed by atoms with Crippen molar-refractivity contribution in [3.63, 3.8) is 0 Å². The van der Waals surface area contributed by atoms with E-state index in [1.54, 1.807) is 0 Å². The van der Waals surface area contributed by atoms with Crippen LogP contribution in [0, 0.1) is 0 Å². The first-order valence-corrected chi connectivity index (χ1v) is 4.68. The van der Waals surface area contributed by atoms with Gasteiger partial charge in [-0.05, 0) is 39.5 Å². The largest absolute Gasteiger partial charge is 0.370 e. The molecule has 0 radical (unpaired) electrons. The van der Waals surface area contributed by atoms with E-state index in [2.05, 4.69) is 15.6 Å². The molecule has 0 aromatic rings. The van der Waals surface area contributed by atoms with Gasteiger partial charge in [0.2, 0.25) is 0 Å². The number of guanidine groups is 1. The molecule has 0 spiro atoms. The van der Waals surface area contributed by atoms with Crippen LogP contribution in [0.3, 0.4) is 0 Å². The highest BCUT2D eigenvalue weighted by atomic mass is 15.0. The zero-order chi connectivity index (χ0) is 9.94. The second-order valence-corrected chi connectivity index (χ2v) is 2.87. The molecule has 0 aliphatic heterocycles. The van der Waals surface area contributed by atoms with Crippen molar-refractivity contribution in [3.8, 4) is 0 Å². The van der Waals surface area contributed by atoms with Gasteiger partial charge in [-0.15, -0.1) is 0 Å². The van der Waals surface area contributed by atoms with Crippen molar-refractivity contribution >= 4 is 5.96 Å². The number of nitrogens with zero attached hydrogens (tertiary/aromatic N) is 1. The van der Waals surface area contributed by atoms with Gasteiger partial charge >= 0.3 is 0 Å². The predicted molar refractivity (Wildman–Crippen MR) is 56.7 cm³/mol.